The van der Waals surface area contributed by atoms with Crippen LogP contribution in [0, 0.1) is 0 Å². The Kier molecular flexibility index (Phi) is 11.2. The van der Waals surface area contributed by atoms with Gasteiger partial charge in [0.1, 0.15) is 11.4 Å². The van der Waals surface area contributed by atoms with Crippen molar-refractivity contribution in [3.05, 3.63) is 150 Å². The van der Waals surface area contributed by atoms with E-state index in [1.165, 1.54) is 11.8 Å². The quantitative estimate of drug-likeness (QED) is 0.0941. The number of para-hydroxylation sites is 2. The molecule has 0 aliphatic heterocycles. The van der Waals surface area contributed by atoms with Crippen molar-refractivity contribution in [2.75, 3.05) is 17.2 Å². The first-order chi connectivity index (χ1) is 22.9. The first kappa shape index (κ1) is 32.8. The first-order valence-corrected chi connectivity index (χ1v) is 16.1. The molecule has 7 nitrogen and oxygen atoms in total. The van der Waals surface area contributed by atoms with Gasteiger partial charge in [0.15, 0.2) is 0 Å². The molecule has 8 heteroatoms. The second-order valence-corrected chi connectivity index (χ2v) is 11.9. The van der Waals surface area contributed by atoms with E-state index >= 15 is 0 Å². The number of hydrogen-bond acceptors (Lipinski definition) is 5. The van der Waals surface area contributed by atoms with Gasteiger partial charge in [-0.25, -0.2) is 0 Å². The average Bonchev–Trinajstić information content (AvgIpc) is 3.10. The monoisotopic (exact) mass is 641 g/mol. The fraction of sp³-hybridized carbons (Fsp3) is 0.103. The number of hydrogen-bond donors (Lipinski definition) is 3. The zero-order chi connectivity index (χ0) is 33.0. The highest BCUT2D eigenvalue weighted by atomic mass is 32.2. The van der Waals surface area contributed by atoms with Crippen LogP contribution in [0.25, 0.3) is 17.2 Å². The van der Waals surface area contributed by atoms with Crippen LogP contribution in [0.4, 0.5) is 11.4 Å². The molecule has 5 aromatic rings. The Balaban J connectivity index is 1.27. The predicted octanol–water partition coefficient (Wildman–Crippen LogP) is 8.28. The SMILES string of the molecule is CCOc1ccccc1NC(=O)C(C)Sc1ccc(NC(=O)/C(=C/c2ccc(-c3ccccc3)cc2)NC(=O)c2ccccc2)cc1. The number of anilines is 2. The summed E-state index contributed by atoms with van der Waals surface area (Å²) in [4.78, 5) is 40.3. The van der Waals surface area contributed by atoms with Crippen molar-refractivity contribution in [1.29, 1.82) is 0 Å². The largest absolute Gasteiger partial charge is 0.492 e. The van der Waals surface area contributed by atoms with Crippen LogP contribution < -0.4 is 20.7 Å². The minimum atomic E-state index is -0.470. The van der Waals surface area contributed by atoms with Gasteiger partial charge in [0.05, 0.1) is 17.5 Å². The lowest BCUT2D eigenvalue weighted by atomic mass is 10.0. The van der Waals surface area contributed by atoms with Crippen LogP contribution in [0.1, 0.15) is 29.8 Å². The molecule has 1 atom stereocenters. The standard InChI is InChI=1S/C39H35N3O4S/c1-3-46-36-17-11-10-16-34(36)41-37(43)27(2)47-33-24-22-32(23-25-33)40-39(45)35(42-38(44)31-14-8-5-9-15-31)26-28-18-20-30(21-19-28)29-12-6-4-7-13-29/h4-27H,3H2,1-2H3,(H,40,45)(H,41,43)(H,42,44)/b35-26-. The van der Waals surface area contributed by atoms with E-state index < -0.39 is 11.8 Å². The molecule has 1 unspecified atom stereocenters. The molecule has 0 bridgehead atoms. The third kappa shape index (κ3) is 9.22. The van der Waals surface area contributed by atoms with Gasteiger partial charge < -0.3 is 20.7 Å². The molecule has 0 heterocycles. The van der Waals surface area contributed by atoms with Crippen LogP contribution >= 0.6 is 11.8 Å². The third-order valence-corrected chi connectivity index (χ3v) is 8.21. The maximum atomic E-state index is 13.5. The molecule has 5 aromatic carbocycles. The third-order valence-electron chi connectivity index (χ3n) is 7.10. The Morgan fingerprint density at radius 1 is 0.723 bits per heavy atom. The van der Waals surface area contributed by atoms with Gasteiger partial charge in [-0.3, -0.25) is 14.4 Å². The van der Waals surface area contributed by atoms with Crippen molar-refractivity contribution >= 4 is 46.9 Å². The number of rotatable bonds is 12. The van der Waals surface area contributed by atoms with Gasteiger partial charge in [-0.1, -0.05) is 84.9 Å². The summed E-state index contributed by atoms with van der Waals surface area (Å²) < 4.78 is 5.61. The van der Waals surface area contributed by atoms with Crippen molar-refractivity contribution in [2.45, 2.75) is 24.0 Å². The highest BCUT2D eigenvalue weighted by molar-refractivity contribution is 8.00. The first-order valence-electron chi connectivity index (χ1n) is 15.2. The lowest BCUT2D eigenvalue weighted by molar-refractivity contribution is -0.115. The zero-order valence-electron chi connectivity index (χ0n) is 26.1. The molecular weight excluding hydrogens is 607 g/mol. The van der Waals surface area contributed by atoms with Crippen molar-refractivity contribution in [1.82, 2.24) is 5.32 Å². The fourth-order valence-electron chi connectivity index (χ4n) is 4.67. The lowest BCUT2D eigenvalue weighted by Crippen LogP contribution is -2.30. The molecule has 0 aromatic heterocycles. The minimum Gasteiger partial charge on any atom is -0.492 e. The number of carbonyl (C=O) groups is 3. The summed E-state index contributed by atoms with van der Waals surface area (Å²) in [5, 5.41) is 8.22. The Labute approximate surface area is 279 Å². The maximum absolute atomic E-state index is 13.5. The summed E-state index contributed by atoms with van der Waals surface area (Å²) in [6.07, 6.45) is 1.65. The number of nitrogens with one attached hydrogen (secondary N) is 3. The number of ether oxygens (including phenoxy) is 1. The molecule has 5 rings (SSSR count). The molecule has 0 saturated carbocycles. The molecule has 0 radical (unpaired) electrons. The summed E-state index contributed by atoms with van der Waals surface area (Å²) in [5.74, 6) is -0.392. The molecule has 0 spiro atoms. The summed E-state index contributed by atoms with van der Waals surface area (Å²) in [6, 6.07) is 41.1. The van der Waals surface area contributed by atoms with Crippen molar-refractivity contribution in [3.8, 4) is 16.9 Å². The zero-order valence-corrected chi connectivity index (χ0v) is 26.9. The van der Waals surface area contributed by atoms with E-state index in [1.54, 1.807) is 42.5 Å². The van der Waals surface area contributed by atoms with Crippen LogP contribution in [0.5, 0.6) is 5.75 Å². The Morgan fingerprint density at radius 2 is 1.34 bits per heavy atom. The number of carbonyl (C=O) groups excluding carboxylic acids is 3. The lowest BCUT2D eigenvalue weighted by Gasteiger charge is -2.15. The van der Waals surface area contributed by atoms with Crippen LogP contribution in [0.15, 0.2) is 144 Å². The molecule has 3 amide bonds. The molecule has 0 fully saturated rings. The van der Waals surface area contributed by atoms with Gasteiger partial charge in [0.25, 0.3) is 11.8 Å². The van der Waals surface area contributed by atoms with Crippen LogP contribution in [0.2, 0.25) is 0 Å². The van der Waals surface area contributed by atoms with Crippen LogP contribution in [-0.2, 0) is 9.59 Å². The molecule has 236 valence electrons. The van der Waals surface area contributed by atoms with E-state index in [-0.39, 0.29) is 16.9 Å². The smallest absolute Gasteiger partial charge is 0.272 e. The number of benzene rings is 5. The van der Waals surface area contributed by atoms with Crippen LogP contribution in [-0.4, -0.2) is 29.6 Å². The Hall–Kier alpha value is -5.60. The van der Waals surface area contributed by atoms with Gasteiger partial charge in [0, 0.05) is 16.1 Å². The van der Waals surface area contributed by atoms with Gasteiger partial charge in [0.2, 0.25) is 5.91 Å². The molecule has 0 aliphatic rings. The predicted molar refractivity (Wildman–Crippen MR) is 190 cm³/mol. The molecule has 0 saturated heterocycles. The van der Waals surface area contributed by atoms with Crippen LogP contribution in [0.3, 0.4) is 0 Å². The van der Waals surface area contributed by atoms with Gasteiger partial charge in [-0.05, 0) is 85.1 Å². The number of thioether (sulfide) groups is 1. The minimum absolute atomic E-state index is 0.0994. The molecular formula is C39H35N3O4S. The fourth-order valence-corrected chi connectivity index (χ4v) is 5.54. The summed E-state index contributed by atoms with van der Waals surface area (Å²) in [6.45, 7) is 4.22. The second kappa shape index (κ2) is 16.1. The number of amides is 3. The second-order valence-electron chi connectivity index (χ2n) is 10.5. The van der Waals surface area contributed by atoms with E-state index in [2.05, 4.69) is 16.0 Å². The Morgan fingerprint density at radius 3 is 2.02 bits per heavy atom. The van der Waals surface area contributed by atoms with E-state index in [4.69, 9.17) is 4.74 Å². The average molecular weight is 642 g/mol. The highest BCUT2D eigenvalue weighted by Gasteiger charge is 2.18. The van der Waals surface area contributed by atoms with E-state index in [9.17, 15) is 14.4 Å². The van der Waals surface area contributed by atoms with Crippen molar-refractivity contribution in [2.24, 2.45) is 0 Å². The van der Waals surface area contributed by atoms with E-state index in [1.807, 2.05) is 111 Å². The molecule has 47 heavy (non-hydrogen) atoms. The van der Waals surface area contributed by atoms with Gasteiger partial charge in [-0.15, -0.1) is 11.8 Å². The molecule has 3 N–H and O–H groups in total. The normalized spacial score (nSPS) is 11.7. The molecule has 0 aliphatic carbocycles. The summed E-state index contributed by atoms with van der Waals surface area (Å²) >= 11 is 1.40. The maximum Gasteiger partial charge on any atom is 0.272 e. The van der Waals surface area contributed by atoms with E-state index in [0.717, 1.165) is 21.6 Å². The summed E-state index contributed by atoms with van der Waals surface area (Å²) in [7, 11) is 0. The Bertz CT molecular complexity index is 1840. The topological polar surface area (TPSA) is 96.5 Å². The van der Waals surface area contributed by atoms with Crippen molar-refractivity contribution in [3.63, 3.8) is 0 Å². The van der Waals surface area contributed by atoms with Crippen molar-refractivity contribution < 1.29 is 19.1 Å². The summed E-state index contributed by atoms with van der Waals surface area (Å²) in [5.41, 5.74) is 4.59. The highest BCUT2D eigenvalue weighted by Crippen LogP contribution is 2.28. The van der Waals surface area contributed by atoms with Gasteiger partial charge >= 0.3 is 0 Å². The van der Waals surface area contributed by atoms with Gasteiger partial charge in [-0.2, -0.15) is 0 Å². The van der Waals surface area contributed by atoms with E-state index in [0.29, 0.717) is 29.3 Å².